The number of hydrogen-bond donors (Lipinski definition) is 0. The highest BCUT2D eigenvalue weighted by Gasteiger charge is 2.46. The summed E-state index contributed by atoms with van der Waals surface area (Å²) in [5, 5.41) is 0. The average molecular weight is 397 g/mol. The highest BCUT2D eigenvalue weighted by Crippen LogP contribution is 2.44. The Kier molecular flexibility index (Phi) is 7.68. The van der Waals surface area contributed by atoms with Crippen LogP contribution in [0.2, 0.25) is 0 Å². The molecule has 0 fully saturated rings. The maximum absolute atomic E-state index is 11.9. The third-order valence-corrected chi connectivity index (χ3v) is 4.86. The van der Waals surface area contributed by atoms with E-state index in [0.717, 1.165) is 0 Å². The van der Waals surface area contributed by atoms with Crippen molar-refractivity contribution in [2.45, 2.75) is 42.7 Å². The normalized spacial score (nSPS) is 15.8. The molecule has 0 radical (unpaired) electrons. The molecule has 0 heterocycles. The molecular weight excluding hydrogens is 378 g/mol. The van der Waals surface area contributed by atoms with Crippen molar-refractivity contribution >= 4 is 62.5 Å². The molecule has 0 saturated carbocycles. The quantitative estimate of drug-likeness (QED) is 0.382. The lowest BCUT2D eigenvalue weighted by Crippen LogP contribution is -2.44. The first-order valence-corrected chi connectivity index (χ1v) is 7.86. The van der Waals surface area contributed by atoms with E-state index in [1.54, 1.807) is 20.8 Å². The molecule has 0 aliphatic heterocycles. The molecule has 0 rings (SSSR count). The molecule has 2 atom stereocenters. The molecule has 0 aromatic carbocycles. The van der Waals surface area contributed by atoms with Crippen LogP contribution in [0.1, 0.15) is 34.1 Å². The van der Waals surface area contributed by atoms with E-state index in [-0.39, 0.29) is 23.6 Å². The van der Waals surface area contributed by atoms with Gasteiger partial charge in [-0.3, -0.25) is 9.59 Å². The monoisotopic (exact) mass is 394 g/mol. The number of rotatable bonds is 6. The minimum atomic E-state index is -1.46. The second-order valence-corrected chi connectivity index (χ2v) is 8.53. The number of carbonyl (C=O) groups is 2. The van der Waals surface area contributed by atoms with Gasteiger partial charge in [0.2, 0.25) is 0 Å². The molecule has 0 bridgehead atoms. The number of ketones is 1. The standard InChI is InChI=1S/C12H18BrCl3O3/c1-5-19-10(18)9(7(2)17)11(3,4)8(13)6-12(14,15)16/h8-9H,5-6H2,1-4H3. The van der Waals surface area contributed by atoms with Crippen molar-refractivity contribution in [3.05, 3.63) is 0 Å². The van der Waals surface area contributed by atoms with Gasteiger partial charge in [0.25, 0.3) is 0 Å². The molecule has 19 heavy (non-hydrogen) atoms. The maximum atomic E-state index is 11.9. The van der Waals surface area contributed by atoms with E-state index >= 15 is 0 Å². The molecule has 0 aromatic rings. The number of alkyl halides is 4. The second-order valence-electron chi connectivity index (χ2n) is 4.90. The van der Waals surface area contributed by atoms with Crippen molar-refractivity contribution in [1.29, 1.82) is 0 Å². The lowest BCUT2D eigenvalue weighted by molar-refractivity contribution is -0.156. The van der Waals surface area contributed by atoms with E-state index in [1.165, 1.54) is 6.92 Å². The van der Waals surface area contributed by atoms with Gasteiger partial charge in [-0.2, -0.15) is 0 Å². The summed E-state index contributed by atoms with van der Waals surface area (Å²) >= 11 is 20.7. The Balaban J connectivity index is 5.19. The summed E-state index contributed by atoms with van der Waals surface area (Å²) in [6.07, 6.45) is 0.174. The molecule has 0 aliphatic carbocycles. The molecule has 7 heteroatoms. The molecule has 112 valence electrons. The molecule has 2 unspecified atom stereocenters. The fourth-order valence-electron chi connectivity index (χ4n) is 1.87. The summed E-state index contributed by atoms with van der Waals surface area (Å²) in [4.78, 5) is 23.4. The first-order chi connectivity index (χ1) is 8.43. The summed E-state index contributed by atoms with van der Waals surface area (Å²) < 4.78 is 3.50. The van der Waals surface area contributed by atoms with Gasteiger partial charge in [-0.25, -0.2) is 0 Å². The SMILES string of the molecule is CCOC(=O)C(C(C)=O)C(C)(C)C(Br)CC(Cl)(Cl)Cl. The van der Waals surface area contributed by atoms with Crippen molar-refractivity contribution in [2.75, 3.05) is 6.61 Å². The Morgan fingerprint density at radius 3 is 2.05 bits per heavy atom. The van der Waals surface area contributed by atoms with Crippen molar-refractivity contribution in [3.63, 3.8) is 0 Å². The molecule has 3 nitrogen and oxygen atoms in total. The second kappa shape index (κ2) is 7.48. The van der Waals surface area contributed by atoms with Crippen molar-refractivity contribution < 1.29 is 14.3 Å². The Morgan fingerprint density at radius 1 is 1.26 bits per heavy atom. The molecule has 0 amide bonds. The number of ether oxygens (including phenoxy) is 1. The van der Waals surface area contributed by atoms with Gasteiger partial charge in [0.05, 0.1) is 6.61 Å². The molecule has 0 aliphatic rings. The minimum absolute atomic E-state index is 0.174. The van der Waals surface area contributed by atoms with Gasteiger partial charge in [0, 0.05) is 11.2 Å². The first-order valence-electron chi connectivity index (χ1n) is 5.81. The van der Waals surface area contributed by atoms with Crippen LogP contribution >= 0.6 is 50.7 Å². The summed E-state index contributed by atoms with van der Waals surface area (Å²) in [5.74, 6) is -1.71. The number of hydrogen-bond acceptors (Lipinski definition) is 3. The van der Waals surface area contributed by atoms with Crippen LogP contribution in [-0.4, -0.2) is 27.0 Å². The molecular formula is C12H18BrCl3O3. The molecule has 0 aromatic heterocycles. The fraction of sp³-hybridized carbons (Fsp3) is 0.833. The van der Waals surface area contributed by atoms with E-state index in [9.17, 15) is 9.59 Å². The lowest BCUT2D eigenvalue weighted by Gasteiger charge is -2.36. The zero-order valence-corrected chi connectivity index (χ0v) is 15.2. The topological polar surface area (TPSA) is 43.4 Å². The van der Waals surface area contributed by atoms with E-state index < -0.39 is 21.1 Å². The van der Waals surface area contributed by atoms with Crippen LogP contribution in [0.3, 0.4) is 0 Å². The van der Waals surface area contributed by atoms with Crippen LogP contribution in [0.4, 0.5) is 0 Å². The largest absolute Gasteiger partial charge is 0.465 e. The van der Waals surface area contributed by atoms with Crippen LogP contribution in [0.15, 0.2) is 0 Å². The van der Waals surface area contributed by atoms with E-state index in [1.807, 2.05) is 0 Å². The van der Waals surface area contributed by atoms with Gasteiger partial charge >= 0.3 is 5.97 Å². The van der Waals surface area contributed by atoms with Crippen LogP contribution in [0, 0.1) is 11.3 Å². The van der Waals surface area contributed by atoms with Crippen LogP contribution < -0.4 is 0 Å². The summed E-state index contributed by atoms with van der Waals surface area (Å²) in [6.45, 7) is 6.81. The number of Topliss-reactive ketones (excluding diaryl/α,β-unsaturated/α-hetero) is 1. The van der Waals surface area contributed by atoms with Gasteiger partial charge in [-0.05, 0) is 19.3 Å². The van der Waals surface area contributed by atoms with Gasteiger partial charge in [-0.15, -0.1) is 0 Å². The van der Waals surface area contributed by atoms with Gasteiger partial charge < -0.3 is 4.74 Å². The van der Waals surface area contributed by atoms with Crippen LogP contribution in [0.5, 0.6) is 0 Å². The summed E-state index contributed by atoms with van der Waals surface area (Å²) in [6, 6.07) is 0. The van der Waals surface area contributed by atoms with Crippen molar-refractivity contribution in [1.82, 2.24) is 0 Å². The van der Waals surface area contributed by atoms with Crippen molar-refractivity contribution in [3.8, 4) is 0 Å². The lowest BCUT2D eigenvalue weighted by atomic mass is 9.73. The third-order valence-electron chi connectivity index (χ3n) is 2.89. The van der Waals surface area contributed by atoms with Gasteiger partial charge in [0.15, 0.2) is 3.79 Å². The highest BCUT2D eigenvalue weighted by molar-refractivity contribution is 9.09. The maximum Gasteiger partial charge on any atom is 0.317 e. The van der Waals surface area contributed by atoms with Crippen LogP contribution in [-0.2, 0) is 14.3 Å². The first kappa shape index (κ1) is 19.5. The molecule has 0 spiro atoms. The summed E-state index contributed by atoms with van der Waals surface area (Å²) in [5.41, 5.74) is -0.734. The van der Waals surface area contributed by atoms with E-state index in [2.05, 4.69) is 15.9 Å². The molecule has 0 N–H and O–H groups in total. The highest BCUT2D eigenvalue weighted by atomic mass is 79.9. The van der Waals surface area contributed by atoms with Gasteiger partial charge in [0.1, 0.15) is 11.7 Å². The zero-order valence-electron chi connectivity index (χ0n) is 11.3. The Hall–Kier alpha value is 0.490. The smallest absolute Gasteiger partial charge is 0.317 e. The minimum Gasteiger partial charge on any atom is -0.465 e. The Morgan fingerprint density at radius 2 is 1.74 bits per heavy atom. The Bertz CT molecular complexity index is 340. The Labute approximate surface area is 137 Å². The zero-order chi connectivity index (χ0) is 15.4. The van der Waals surface area contributed by atoms with E-state index in [4.69, 9.17) is 39.5 Å². The third kappa shape index (κ3) is 6.19. The fourth-order valence-corrected chi connectivity index (χ4v) is 3.64. The molecule has 0 saturated heterocycles. The predicted octanol–water partition coefficient (Wildman–Crippen LogP) is 4.30. The predicted molar refractivity (Wildman–Crippen MR) is 82.2 cm³/mol. The number of halogens is 4. The van der Waals surface area contributed by atoms with Gasteiger partial charge in [-0.1, -0.05) is 64.6 Å². The summed E-state index contributed by atoms with van der Waals surface area (Å²) in [7, 11) is 0. The van der Waals surface area contributed by atoms with Crippen LogP contribution in [0.25, 0.3) is 0 Å². The average Bonchev–Trinajstić information content (AvgIpc) is 2.13. The number of esters is 1. The van der Waals surface area contributed by atoms with Crippen molar-refractivity contribution in [2.24, 2.45) is 11.3 Å². The van der Waals surface area contributed by atoms with E-state index in [0.29, 0.717) is 0 Å². The number of carbonyl (C=O) groups excluding carboxylic acids is 2.